The van der Waals surface area contributed by atoms with Crippen LogP contribution in [0.3, 0.4) is 0 Å². The molecule has 0 aromatic heterocycles. The number of nitriles is 1. The zero-order chi connectivity index (χ0) is 42.1. The number of likely N-dealkylation sites (tertiary alicyclic amines) is 1. The number of hydrogen-bond acceptors (Lipinski definition) is 9. The molecule has 12 nitrogen and oxygen atoms in total. The first kappa shape index (κ1) is 40.0. The van der Waals surface area contributed by atoms with E-state index in [2.05, 4.69) is 26.9 Å². The lowest BCUT2D eigenvalue weighted by Gasteiger charge is -2.40. The van der Waals surface area contributed by atoms with Crippen molar-refractivity contribution < 1.29 is 37.5 Å². The summed E-state index contributed by atoms with van der Waals surface area (Å²) in [6.07, 6.45) is -1.07. The van der Waals surface area contributed by atoms with E-state index in [4.69, 9.17) is 0 Å². The molecule has 4 fully saturated rings. The number of rotatable bonds is 6. The standard InChI is InChI=1S/C45H48F3N7O5/c1-27-21-44(26-54(27)34-7-4-30(22-49)37(20-34)45(46,47)48)12-16-52(17-13-44)33-5-2-29(3-6-33)41(58)53-14-10-28(11-15-53)23-51-24-31-18-35-36(19-32(31)25-51)43(60)55(42(35)59)38-8-9-39(56)50-40(38)57/h2-7,18-20,27-28,38,42,59H,8-17,21,23-26H2,1H3,(H,50,56,57)/t27-,38?,42?/m0/s1. The number of aliphatic hydroxyl groups is 1. The third-order valence-corrected chi connectivity index (χ3v) is 14.0. The lowest BCUT2D eigenvalue weighted by molar-refractivity contribution is -0.140. The number of anilines is 2. The normalized spacial score (nSPS) is 24.5. The summed E-state index contributed by atoms with van der Waals surface area (Å²) in [5.74, 6) is -0.905. The topological polar surface area (TPSA) is 141 Å². The highest BCUT2D eigenvalue weighted by atomic mass is 19.4. The van der Waals surface area contributed by atoms with Gasteiger partial charge in [-0.25, -0.2) is 0 Å². The van der Waals surface area contributed by atoms with Crippen LogP contribution >= 0.6 is 0 Å². The van der Waals surface area contributed by atoms with Crippen LogP contribution in [0, 0.1) is 22.7 Å². The second-order valence-corrected chi connectivity index (χ2v) is 17.7. The van der Waals surface area contributed by atoms with Gasteiger partial charge in [-0.15, -0.1) is 0 Å². The maximum absolute atomic E-state index is 13.7. The van der Waals surface area contributed by atoms with Gasteiger partial charge < -0.3 is 19.8 Å². The van der Waals surface area contributed by atoms with Crippen molar-refractivity contribution in [3.8, 4) is 6.07 Å². The van der Waals surface area contributed by atoms with Crippen LogP contribution in [0.5, 0.6) is 0 Å². The van der Waals surface area contributed by atoms with Gasteiger partial charge in [0.2, 0.25) is 11.8 Å². The number of hydrogen-bond donors (Lipinski definition) is 2. The van der Waals surface area contributed by atoms with E-state index < -0.39 is 35.8 Å². The average Bonchev–Trinajstić information content (AvgIpc) is 3.86. The summed E-state index contributed by atoms with van der Waals surface area (Å²) in [6, 6.07) is 16.5. The number of benzene rings is 3. The second-order valence-electron chi connectivity index (χ2n) is 17.7. The lowest BCUT2D eigenvalue weighted by atomic mass is 9.76. The SMILES string of the molecule is C[C@H]1CC2(CCN(c3ccc(C(=O)N4CCC(CN5Cc6cc7c(cc6C5)C(O)N(C5CCC(=O)NC5=O)C7=O)CC4)cc3)CC2)CN1c1ccc(C#N)c(C(F)(F)F)c1. The average molecular weight is 824 g/mol. The molecule has 0 saturated carbocycles. The molecule has 0 aliphatic carbocycles. The monoisotopic (exact) mass is 823 g/mol. The number of carbonyl (C=O) groups excluding carboxylic acids is 4. The summed E-state index contributed by atoms with van der Waals surface area (Å²) >= 11 is 0. The number of amides is 4. The number of nitrogens with zero attached hydrogens (tertiary/aromatic N) is 6. The molecule has 4 amide bonds. The van der Waals surface area contributed by atoms with E-state index in [9.17, 15) is 42.7 Å². The molecule has 15 heteroatoms. The second kappa shape index (κ2) is 15.2. The molecule has 9 rings (SSSR count). The maximum atomic E-state index is 13.7. The van der Waals surface area contributed by atoms with Crippen molar-refractivity contribution in [2.24, 2.45) is 11.3 Å². The molecular formula is C45H48F3N7O5. The molecule has 1 spiro atoms. The minimum absolute atomic E-state index is 0.00346. The molecule has 314 valence electrons. The summed E-state index contributed by atoms with van der Waals surface area (Å²) in [5, 5.41) is 22.6. The largest absolute Gasteiger partial charge is 0.417 e. The van der Waals surface area contributed by atoms with Gasteiger partial charge in [-0.05, 0) is 123 Å². The van der Waals surface area contributed by atoms with E-state index in [1.54, 1.807) is 12.1 Å². The fourth-order valence-electron chi connectivity index (χ4n) is 10.7. The zero-order valence-electron chi connectivity index (χ0n) is 33.5. The van der Waals surface area contributed by atoms with Crippen molar-refractivity contribution in [3.05, 3.63) is 93.5 Å². The van der Waals surface area contributed by atoms with Crippen LogP contribution < -0.4 is 15.1 Å². The number of nitrogens with one attached hydrogen (secondary N) is 1. The number of alkyl halides is 3. The summed E-state index contributed by atoms with van der Waals surface area (Å²) in [4.78, 5) is 60.9. The first-order valence-electron chi connectivity index (χ1n) is 20.9. The molecule has 60 heavy (non-hydrogen) atoms. The molecule has 6 aliphatic heterocycles. The van der Waals surface area contributed by atoms with Crippen molar-refractivity contribution in [2.45, 2.75) is 89.4 Å². The van der Waals surface area contributed by atoms with E-state index >= 15 is 0 Å². The minimum Gasteiger partial charge on any atom is -0.371 e. The Kier molecular flexibility index (Phi) is 10.1. The number of fused-ring (bicyclic) bond motifs is 2. The fourth-order valence-corrected chi connectivity index (χ4v) is 10.7. The molecule has 0 radical (unpaired) electrons. The van der Waals surface area contributed by atoms with Gasteiger partial charge in [0, 0.05) is 92.9 Å². The Morgan fingerprint density at radius 3 is 2.28 bits per heavy atom. The van der Waals surface area contributed by atoms with Crippen LogP contribution in [-0.4, -0.2) is 94.8 Å². The quantitative estimate of drug-likeness (QED) is 0.305. The highest BCUT2D eigenvalue weighted by molar-refractivity contribution is 6.06. The van der Waals surface area contributed by atoms with E-state index in [1.165, 1.54) is 11.0 Å². The third kappa shape index (κ3) is 7.27. The van der Waals surface area contributed by atoms with Crippen molar-refractivity contribution in [2.75, 3.05) is 49.1 Å². The Morgan fingerprint density at radius 1 is 0.933 bits per heavy atom. The predicted molar refractivity (Wildman–Crippen MR) is 214 cm³/mol. The van der Waals surface area contributed by atoms with Gasteiger partial charge >= 0.3 is 6.18 Å². The summed E-state index contributed by atoms with van der Waals surface area (Å²) in [7, 11) is 0. The maximum Gasteiger partial charge on any atom is 0.417 e. The molecule has 3 aromatic rings. The molecule has 0 bridgehead atoms. The van der Waals surface area contributed by atoms with Gasteiger partial charge in [-0.3, -0.25) is 34.3 Å². The van der Waals surface area contributed by atoms with Gasteiger partial charge in [0.05, 0.1) is 17.2 Å². The Balaban J connectivity index is 0.746. The van der Waals surface area contributed by atoms with Gasteiger partial charge in [-0.2, -0.15) is 18.4 Å². The summed E-state index contributed by atoms with van der Waals surface area (Å²) < 4.78 is 41.1. The minimum atomic E-state index is -4.59. The molecule has 6 heterocycles. The molecule has 2 unspecified atom stereocenters. The number of piperidine rings is 3. The zero-order valence-corrected chi connectivity index (χ0v) is 33.5. The lowest BCUT2D eigenvalue weighted by Crippen LogP contribution is -2.53. The molecule has 4 saturated heterocycles. The fraction of sp³-hybridized carbons (Fsp3) is 0.489. The van der Waals surface area contributed by atoms with Gasteiger partial charge in [-0.1, -0.05) is 0 Å². The summed E-state index contributed by atoms with van der Waals surface area (Å²) in [5.41, 5.74) is 3.94. The molecular weight excluding hydrogens is 776 g/mol. The summed E-state index contributed by atoms with van der Waals surface area (Å²) in [6.45, 7) is 7.92. The van der Waals surface area contributed by atoms with Gasteiger partial charge in [0.25, 0.3) is 11.8 Å². The van der Waals surface area contributed by atoms with Crippen LogP contribution in [0.1, 0.15) is 107 Å². The van der Waals surface area contributed by atoms with Crippen LogP contribution in [0.2, 0.25) is 0 Å². The number of carbonyl (C=O) groups is 4. The van der Waals surface area contributed by atoms with Crippen LogP contribution in [-0.2, 0) is 28.9 Å². The molecule has 3 aromatic carbocycles. The van der Waals surface area contributed by atoms with Crippen molar-refractivity contribution in [3.63, 3.8) is 0 Å². The van der Waals surface area contributed by atoms with Crippen LogP contribution in [0.25, 0.3) is 0 Å². The van der Waals surface area contributed by atoms with Crippen molar-refractivity contribution >= 4 is 35.0 Å². The van der Waals surface area contributed by atoms with Gasteiger partial charge in [0.15, 0.2) is 6.23 Å². The van der Waals surface area contributed by atoms with E-state index in [1.807, 2.05) is 41.3 Å². The molecule has 6 aliphatic rings. The first-order chi connectivity index (χ1) is 28.7. The van der Waals surface area contributed by atoms with Crippen molar-refractivity contribution in [1.29, 1.82) is 5.26 Å². The Bertz CT molecular complexity index is 2280. The molecule has 3 atom stereocenters. The van der Waals surface area contributed by atoms with Crippen LogP contribution in [0.4, 0.5) is 24.5 Å². The van der Waals surface area contributed by atoms with Gasteiger partial charge in [0.1, 0.15) is 6.04 Å². The van der Waals surface area contributed by atoms with E-state index in [-0.39, 0.29) is 41.7 Å². The highest BCUT2D eigenvalue weighted by Gasteiger charge is 2.47. The Morgan fingerprint density at radius 2 is 1.62 bits per heavy atom. The van der Waals surface area contributed by atoms with E-state index in [0.29, 0.717) is 61.0 Å². The smallest absolute Gasteiger partial charge is 0.371 e. The van der Waals surface area contributed by atoms with E-state index in [0.717, 1.165) is 74.6 Å². The van der Waals surface area contributed by atoms with Crippen molar-refractivity contribution in [1.82, 2.24) is 20.0 Å². The number of aliphatic hydroxyl groups excluding tert-OH is 1. The number of halogens is 3. The highest BCUT2D eigenvalue weighted by Crippen LogP contribution is 2.47. The third-order valence-electron chi connectivity index (χ3n) is 14.0. The Hall–Kier alpha value is -5.46. The predicted octanol–water partition coefficient (Wildman–Crippen LogP) is 5.58. The van der Waals surface area contributed by atoms with Crippen LogP contribution in [0.15, 0.2) is 54.6 Å². The number of imide groups is 1. The molecule has 2 N–H and O–H groups in total. The first-order valence-corrected chi connectivity index (χ1v) is 20.9. The Labute approximate surface area is 346 Å².